The molecule has 2 amide bonds. The number of nitrogens with one attached hydrogen (secondary N) is 1. The topological polar surface area (TPSA) is 111 Å². The number of fused-ring (bicyclic) bond motifs is 1. The Morgan fingerprint density at radius 1 is 0.909 bits per heavy atom. The van der Waals surface area contributed by atoms with Crippen molar-refractivity contribution in [2.24, 2.45) is 0 Å². The van der Waals surface area contributed by atoms with E-state index in [1.807, 2.05) is 36.1 Å². The number of anilines is 1. The van der Waals surface area contributed by atoms with Gasteiger partial charge < -0.3 is 25.0 Å². The quantitative estimate of drug-likeness (QED) is 0.430. The molecule has 2 saturated heterocycles. The Hall–Kier alpha value is -3.73. The number of piperidine rings is 2. The normalized spacial score (nSPS) is 20.8. The van der Waals surface area contributed by atoms with E-state index in [1.165, 1.54) is 18.2 Å². The molecule has 2 N–H and O–H groups in total. The number of ether oxygens (including phenoxy) is 1. The van der Waals surface area contributed by atoms with E-state index in [2.05, 4.69) is 44.5 Å². The molecule has 3 aliphatic rings. The molecule has 3 aliphatic heterocycles. The third kappa shape index (κ3) is 6.98. The molecule has 6 rings (SSSR count). The first kappa shape index (κ1) is 31.7. The van der Waals surface area contributed by atoms with Gasteiger partial charge in [-0.05, 0) is 55.9 Å². The average Bonchev–Trinajstić information content (AvgIpc) is 3.04. The van der Waals surface area contributed by atoms with Crippen LogP contribution in [0, 0.1) is 6.92 Å². The summed E-state index contributed by atoms with van der Waals surface area (Å²) >= 11 is 0. The summed E-state index contributed by atoms with van der Waals surface area (Å²) < 4.78 is 5.33. The lowest BCUT2D eigenvalue weighted by Gasteiger charge is -2.43. The van der Waals surface area contributed by atoms with Crippen LogP contribution >= 0.6 is 12.4 Å². The number of aliphatic hydroxyl groups is 1. The number of halogens is 1. The lowest BCUT2D eigenvalue weighted by atomic mass is 9.94. The standard InChI is InChI=1S/C33H40N6O4.ClH/c1-22-7-9-24(10-8-22)31(41)37-16-12-26(13-17-37)34-30-19-27(35-33(36-30)43-2)32(42)39-18-14-28(29(40)21-39)38-15-11-23-5-3-4-6-25(23)20-38;/h3-10,19,26,28-29,40H,11-18,20-21H2,1-2H3,(H,34,35,36);1H/t28-,29-;/m1./s1. The van der Waals surface area contributed by atoms with Crippen LogP contribution in [0.15, 0.2) is 54.6 Å². The van der Waals surface area contributed by atoms with Crippen molar-refractivity contribution in [3.05, 3.63) is 82.5 Å². The molecule has 1 aromatic heterocycles. The second kappa shape index (κ2) is 13.9. The Balaban J connectivity index is 0.00000384. The molecule has 0 spiro atoms. The zero-order chi connectivity index (χ0) is 29.9. The first-order valence-corrected chi connectivity index (χ1v) is 15.2. The smallest absolute Gasteiger partial charge is 0.318 e. The largest absolute Gasteiger partial charge is 0.467 e. The number of rotatable bonds is 6. The fraction of sp³-hybridized carbons (Fsp3) is 0.455. The summed E-state index contributed by atoms with van der Waals surface area (Å²) in [7, 11) is 1.48. The molecule has 2 fully saturated rings. The van der Waals surface area contributed by atoms with Gasteiger partial charge in [-0.1, -0.05) is 42.0 Å². The number of carbonyl (C=O) groups excluding carboxylic acids is 2. The summed E-state index contributed by atoms with van der Waals surface area (Å²) in [5.41, 5.74) is 4.76. The van der Waals surface area contributed by atoms with Gasteiger partial charge in [-0.2, -0.15) is 9.97 Å². The molecule has 10 nitrogen and oxygen atoms in total. The van der Waals surface area contributed by atoms with Crippen molar-refractivity contribution >= 4 is 30.0 Å². The molecule has 2 atom stereocenters. The molecule has 0 saturated carbocycles. The van der Waals surface area contributed by atoms with Crippen molar-refractivity contribution in [3.8, 4) is 6.01 Å². The van der Waals surface area contributed by atoms with Crippen molar-refractivity contribution in [2.45, 2.75) is 57.3 Å². The van der Waals surface area contributed by atoms with E-state index in [9.17, 15) is 14.7 Å². The number of amides is 2. The summed E-state index contributed by atoms with van der Waals surface area (Å²) in [6.07, 6.45) is 2.54. The molecule has 0 unspecified atom stereocenters. The number of aliphatic hydroxyl groups excluding tert-OH is 1. The van der Waals surface area contributed by atoms with Crippen molar-refractivity contribution in [1.82, 2.24) is 24.7 Å². The Bertz CT molecular complexity index is 1460. The highest BCUT2D eigenvalue weighted by Gasteiger charge is 2.36. The minimum atomic E-state index is -0.642. The number of hydrogen-bond acceptors (Lipinski definition) is 8. The lowest BCUT2D eigenvalue weighted by Crippen LogP contribution is -2.56. The van der Waals surface area contributed by atoms with Gasteiger partial charge in [0.15, 0.2) is 0 Å². The van der Waals surface area contributed by atoms with Crippen LogP contribution in [-0.4, -0.2) is 99.6 Å². The first-order valence-electron chi connectivity index (χ1n) is 15.2. The minimum Gasteiger partial charge on any atom is -0.467 e. The van der Waals surface area contributed by atoms with Gasteiger partial charge in [-0.3, -0.25) is 14.5 Å². The SMILES string of the molecule is COc1nc(NC2CCN(C(=O)c3ccc(C)cc3)CC2)cc(C(=O)N2CC[C@@H](N3CCc4ccccc4C3)[C@H](O)C2)n1.Cl. The molecule has 234 valence electrons. The Morgan fingerprint density at radius 2 is 1.61 bits per heavy atom. The molecular weight excluding hydrogens is 580 g/mol. The van der Waals surface area contributed by atoms with E-state index >= 15 is 0 Å². The first-order chi connectivity index (χ1) is 20.9. The second-order valence-electron chi connectivity index (χ2n) is 11.9. The fourth-order valence-electron chi connectivity index (χ4n) is 6.51. The molecule has 44 heavy (non-hydrogen) atoms. The van der Waals surface area contributed by atoms with Gasteiger partial charge in [0.05, 0.1) is 13.2 Å². The van der Waals surface area contributed by atoms with E-state index in [0.29, 0.717) is 37.4 Å². The predicted molar refractivity (Wildman–Crippen MR) is 170 cm³/mol. The number of hydrogen-bond donors (Lipinski definition) is 2. The summed E-state index contributed by atoms with van der Waals surface area (Å²) in [5.74, 6) is 0.316. The van der Waals surface area contributed by atoms with Crippen LogP contribution in [0.25, 0.3) is 0 Å². The molecule has 3 aromatic rings. The number of β-amino-alcohol motifs (C(OH)–C–C–N with tert-alkyl or cyclic N) is 1. The van der Waals surface area contributed by atoms with Crippen LogP contribution in [0.3, 0.4) is 0 Å². The number of benzene rings is 2. The zero-order valence-corrected chi connectivity index (χ0v) is 26.1. The Labute approximate surface area is 264 Å². The number of carbonyl (C=O) groups is 2. The van der Waals surface area contributed by atoms with Gasteiger partial charge in [0.25, 0.3) is 11.8 Å². The fourth-order valence-corrected chi connectivity index (χ4v) is 6.51. The molecule has 4 heterocycles. The molecular formula is C33H41ClN6O4. The van der Waals surface area contributed by atoms with E-state index < -0.39 is 6.10 Å². The van der Waals surface area contributed by atoms with E-state index in [-0.39, 0.29) is 54.6 Å². The maximum absolute atomic E-state index is 13.6. The highest BCUT2D eigenvalue weighted by atomic mass is 35.5. The highest BCUT2D eigenvalue weighted by molar-refractivity contribution is 5.94. The van der Waals surface area contributed by atoms with Gasteiger partial charge >= 0.3 is 6.01 Å². The number of aromatic nitrogens is 2. The number of aryl methyl sites for hydroxylation is 1. The Morgan fingerprint density at radius 3 is 2.32 bits per heavy atom. The molecule has 0 bridgehead atoms. The molecule has 0 aliphatic carbocycles. The summed E-state index contributed by atoms with van der Waals surface area (Å²) in [4.78, 5) is 41.2. The molecule has 2 aromatic carbocycles. The van der Waals surface area contributed by atoms with Gasteiger partial charge in [0.1, 0.15) is 11.5 Å². The number of likely N-dealkylation sites (tertiary alicyclic amines) is 2. The third-order valence-corrected chi connectivity index (χ3v) is 9.00. The number of methoxy groups -OCH3 is 1. The van der Waals surface area contributed by atoms with Crippen LogP contribution in [0.2, 0.25) is 0 Å². The van der Waals surface area contributed by atoms with Gasteiger partial charge in [0.2, 0.25) is 0 Å². The Kier molecular flexibility index (Phi) is 10.0. The van der Waals surface area contributed by atoms with E-state index in [1.54, 1.807) is 11.0 Å². The molecule has 11 heteroatoms. The summed E-state index contributed by atoms with van der Waals surface area (Å²) in [6, 6.07) is 18.0. The maximum Gasteiger partial charge on any atom is 0.318 e. The van der Waals surface area contributed by atoms with Crippen LogP contribution in [0.4, 0.5) is 5.82 Å². The minimum absolute atomic E-state index is 0. The monoisotopic (exact) mass is 620 g/mol. The predicted octanol–water partition coefficient (Wildman–Crippen LogP) is 3.57. The van der Waals surface area contributed by atoms with Crippen LogP contribution in [0.1, 0.15) is 56.8 Å². The van der Waals surface area contributed by atoms with Crippen molar-refractivity contribution in [2.75, 3.05) is 45.2 Å². The number of nitrogens with zero attached hydrogens (tertiary/aromatic N) is 5. The van der Waals surface area contributed by atoms with Gasteiger partial charge in [-0.15, -0.1) is 12.4 Å². The second-order valence-corrected chi connectivity index (χ2v) is 11.9. The maximum atomic E-state index is 13.6. The van der Waals surface area contributed by atoms with Crippen LogP contribution < -0.4 is 10.1 Å². The van der Waals surface area contributed by atoms with Crippen molar-refractivity contribution in [1.29, 1.82) is 0 Å². The van der Waals surface area contributed by atoms with Gasteiger partial charge in [-0.25, -0.2) is 0 Å². The van der Waals surface area contributed by atoms with Crippen molar-refractivity contribution < 1.29 is 19.4 Å². The van der Waals surface area contributed by atoms with Crippen LogP contribution in [-0.2, 0) is 13.0 Å². The highest BCUT2D eigenvalue weighted by Crippen LogP contribution is 2.27. The van der Waals surface area contributed by atoms with Crippen LogP contribution in [0.5, 0.6) is 6.01 Å². The van der Waals surface area contributed by atoms with E-state index in [4.69, 9.17) is 4.74 Å². The van der Waals surface area contributed by atoms with Crippen molar-refractivity contribution in [3.63, 3.8) is 0 Å². The zero-order valence-electron chi connectivity index (χ0n) is 25.3. The summed E-state index contributed by atoms with van der Waals surface area (Å²) in [5, 5.41) is 14.6. The third-order valence-electron chi connectivity index (χ3n) is 9.00. The molecule has 0 radical (unpaired) electrons. The summed E-state index contributed by atoms with van der Waals surface area (Å²) in [6.45, 7) is 5.80. The van der Waals surface area contributed by atoms with E-state index in [0.717, 1.165) is 37.9 Å². The lowest BCUT2D eigenvalue weighted by molar-refractivity contribution is -0.0139. The average molecular weight is 621 g/mol. The van der Waals surface area contributed by atoms with Gasteiger partial charge in [0, 0.05) is 63.0 Å².